The van der Waals surface area contributed by atoms with Crippen LogP contribution >= 0.6 is 45.8 Å². The Morgan fingerprint density at radius 3 is 2.55 bits per heavy atom. The van der Waals surface area contributed by atoms with Gasteiger partial charge >= 0.3 is 12.0 Å². The summed E-state index contributed by atoms with van der Waals surface area (Å²) in [6.45, 7) is 3.84. The molecule has 15 heteroatoms. The Hall–Kier alpha value is -3.92. The number of hydrazone groups is 1. The molecule has 2 atom stereocenters. The van der Waals surface area contributed by atoms with Crippen molar-refractivity contribution in [2.45, 2.75) is 32.7 Å². The van der Waals surface area contributed by atoms with Crippen molar-refractivity contribution in [1.29, 1.82) is 0 Å². The number of urea groups is 1. The largest absolute Gasteiger partial charge is 0.493 e. The van der Waals surface area contributed by atoms with Gasteiger partial charge in [-0.2, -0.15) is 5.10 Å². The number of nitrogens with zero attached hydrogens (tertiary/aromatic N) is 1. The van der Waals surface area contributed by atoms with Crippen molar-refractivity contribution in [3.05, 3.63) is 90.1 Å². The van der Waals surface area contributed by atoms with Gasteiger partial charge < -0.3 is 39.4 Å². The molecule has 3 aromatic rings. The molecule has 0 unspecified atom stereocenters. The summed E-state index contributed by atoms with van der Waals surface area (Å²) in [4.78, 5) is 24.6. The Labute approximate surface area is 295 Å². The molecular weight excluding hydrogens is 766 g/mol. The van der Waals surface area contributed by atoms with Crippen molar-refractivity contribution < 1.29 is 38.4 Å². The third-order valence-electron chi connectivity index (χ3n) is 6.73. The number of hydrogen-bond donors (Lipinski definition) is 4. The number of nitrogens with one attached hydrogen (secondary N) is 3. The van der Waals surface area contributed by atoms with Gasteiger partial charge in [-0.1, -0.05) is 35.3 Å². The van der Waals surface area contributed by atoms with E-state index in [-0.39, 0.29) is 18.8 Å². The van der Waals surface area contributed by atoms with Crippen LogP contribution in [0.4, 0.5) is 4.79 Å². The van der Waals surface area contributed by atoms with Crippen LogP contribution in [-0.4, -0.2) is 57.0 Å². The lowest BCUT2D eigenvalue weighted by atomic mass is 9.95. The monoisotopic (exact) mass is 798 g/mol. The second kappa shape index (κ2) is 16.8. The van der Waals surface area contributed by atoms with E-state index in [1.165, 1.54) is 13.3 Å². The van der Waals surface area contributed by atoms with E-state index >= 15 is 0 Å². The van der Waals surface area contributed by atoms with Crippen LogP contribution in [0.15, 0.2) is 64.9 Å². The zero-order chi connectivity index (χ0) is 34.1. The maximum Gasteiger partial charge on any atom is 0.337 e. The van der Waals surface area contributed by atoms with E-state index in [4.69, 9.17) is 46.9 Å². The van der Waals surface area contributed by atoms with E-state index in [1.54, 1.807) is 50.4 Å². The van der Waals surface area contributed by atoms with E-state index < -0.39 is 24.3 Å². The summed E-state index contributed by atoms with van der Waals surface area (Å²) in [7, 11) is 2.81. The second-order valence-corrected chi connectivity index (χ2v) is 12.0. The number of aliphatic hydroxyl groups excluding tert-OH is 1. The predicted octanol–water partition coefficient (Wildman–Crippen LogP) is 5.71. The number of rotatable bonds is 14. The quantitative estimate of drug-likeness (QED) is 0.0530. The lowest BCUT2D eigenvalue weighted by Gasteiger charge is -2.28. The van der Waals surface area contributed by atoms with Crippen molar-refractivity contribution in [2.24, 2.45) is 5.10 Å². The number of benzene rings is 3. The van der Waals surface area contributed by atoms with Gasteiger partial charge in [0.15, 0.2) is 29.2 Å². The van der Waals surface area contributed by atoms with Crippen molar-refractivity contribution in [2.75, 3.05) is 27.4 Å². The maximum absolute atomic E-state index is 12.5. The van der Waals surface area contributed by atoms with Crippen LogP contribution < -0.4 is 35.0 Å². The van der Waals surface area contributed by atoms with Gasteiger partial charge in [-0.3, -0.25) is 5.43 Å². The van der Waals surface area contributed by atoms with Gasteiger partial charge in [0.1, 0.15) is 13.2 Å². The number of carbonyl (C=O) groups is 2. The summed E-state index contributed by atoms with van der Waals surface area (Å²) >= 11 is 14.3. The highest BCUT2D eigenvalue weighted by Gasteiger charge is 2.32. The highest BCUT2D eigenvalue weighted by molar-refractivity contribution is 14.1. The summed E-state index contributed by atoms with van der Waals surface area (Å²) in [5.41, 5.74) is 5.40. The van der Waals surface area contributed by atoms with Crippen LogP contribution in [0.5, 0.6) is 23.0 Å². The number of halogens is 3. The van der Waals surface area contributed by atoms with Gasteiger partial charge in [0.2, 0.25) is 0 Å². The van der Waals surface area contributed by atoms with Crippen molar-refractivity contribution in [3.63, 3.8) is 0 Å². The zero-order valence-corrected chi connectivity index (χ0v) is 29.5. The Kier molecular flexibility index (Phi) is 12.8. The van der Waals surface area contributed by atoms with Gasteiger partial charge in [-0.25, -0.2) is 9.59 Å². The smallest absolute Gasteiger partial charge is 0.337 e. The summed E-state index contributed by atoms with van der Waals surface area (Å²) in [6, 6.07) is 12.7. The van der Waals surface area contributed by atoms with Gasteiger partial charge in [0, 0.05) is 5.70 Å². The molecule has 0 bridgehead atoms. The number of aliphatic hydroxyl groups is 1. The molecule has 1 heterocycles. The first-order chi connectivity index (χ1) is 22.5. The summed E-state index contributed by atoms with van der Waals surface area (Å²) in [5.74, 6) is 1.19. The molecule has 4 N–H and O–H groups in total. The van der Waals surface area contributed by atoms with Crippen molar-refractivity contribution in [1.82, 2.24) is 16.1 Å². The third-order valence-corrected chi connectivity index (χ3v) is 8.27. The number of carbonyl (C=O) groups excluding carboxylic acids is 2. The van der Waals surface area contributed by atoms with Gasteiger partial charge in [0.25, 0.3) is 0 Å². The van der Waals surface area contributed by atoms with Crippen LogP contribution in [0.3, 0.4) is 0 Å². The van der Waals surface area contributed by atoms with Crippen molar-refractivity contribution >= 4 is 64.0 Å². The lowest BCUT2D eigenvalue weighted by molar-refractivity contribution is -0.136. The summed E-state index contributed by atoms with van der Waals surface area (Å²) < 4.78 is 28.8. The minimum absolute atomic E-state index is 0.171. The first-order valence-corrected chi connectivity index (χ1v) is 16.0. The summed E-state index contributed by atoms with van der Waals surface area (Å²) in [6.07, 6.45) is 0.356. The number of methoxy groups -OCH3 is 2. The van der Waals surface area contributed by atoms with Crippen LogP contribution in [0, 0.1) is 3.57 Å². The van der Waals surface area contributed by atoms with Crippen LogP contribution in [0.25, 0.3) is 0 Å². The Bertz CT molecular complexity index is 1690. The Balaban J connectivity index is 1.39. The molecule has 4 rings (SSSR count). The average molecular weight is 799 g/mol. The van der Waals surface area contributed by atoms with E-state index in [2.05, 4.69) is 43.8 Å². The molecule has 3 aromatic carbocycles. The molecule has 0 fully saturated rings. The van der Waals surface area contributed by atoms with Gasteiger partial charge in [-0.05, 0) is 89.5 Å². The highest BCUT2D eigenvalue weighted by atomic mass is 127. The van der Waals surface area contributed by atoms with Crippen LogP contribution in [0.2, 0.25) is 10.0 Å². The fourth-order valence-electron chi connectivity index (χ4n) is 4.56. The van der Waals surface area contributed by atoms with E-state index in [0.29, 0.717) is 56.5 Å². The van der Waals surface area contributed by atoms with E-state index in [1.807, 2.05) is 19.1 Å². The molecule has 0 saturated heterocycles. The molecule has 0 spiro atoms. The number of hydrogen-bond acceptors (Lipinski definition) is 10. The molecule has 250 valence electrons. The second-order valence-electron chi connectivity index (χ2n) is 9.99. The minimum atomic E-state index is -1.17. The SMILES string of the molecule is CCOc1cc([C@@H]2NC(=O)NC(C)=C2C(=O)OC)ccc1OC[C@@H](O)N/N=C\c1cc(I)c(OCc2ccc(Cl)c(Cl)c2)c(OC)c1. The van der Waals surface area contributed by atoms with E-state index in [0.717, 1.165) is 9.13 Å². The van der Waals surface area contributed by atoms with Gasteiger partial charge in [0.05, 0.1) is 52.3 Å². The molecular formula is C32H33Cl2IN4O8. The fraction of sp³-hybridized carbons (Fsp3) is 0.281. The van der Waals surface area contributed by atoms with Crippen molar-refractivity contribution in [3.8, 4) is 23.0 Å². The average Bonchev–Trinajstić information content (AvgIpc) is 3.04. The first-order valence-electron chi connectivity index (χ1n) is 14.2. The fourth-order valence-corrected chi connectivity index (χ4v) is 5.66. The number of amides is 2. The molecule has 2 amide bonds. The Morgan fingerprint density at radius 1 is 1.06 bits per heavy atom. The molecule has 1 aliphatic heterocycles. The molecule has 0 radical (unpaired) electrons. The molecule has 0 saturated carbocycles. The maximum atomic E-state index is 12.5. The number of esters is 1. The third kappa shape index (κ3) is 9.34. The molecule has 12 nitrogen and oxygen atoms in total. The molecule has 1 aliphatic rings. The minimum Gasteiger partial charge on any atom is -0.493 e. The van der Waals surface area contributed by atoms with Gasteiger partial charge in [-0.15, -0.1) is 0 Å². The van der Waals surface area contributed by atoms with Crippen LogP contribution in [0.1, 0.15) is 36.6 Å². The number of ether oxygens (including phenoxy) is 5. The molecule has 0 aliphatic carbocycles. The highest BCUT2D eigenvalue weighted by Crippen LogP contribution is 2.36. The normalized spacial score (nSPS) is 15.1. The standard InChI is InChI=1S/C32H33Cl2IN4O8/c1-5-45-25-13-20(29-28(31(41)44-4)17(2)37-32(42)38-29)7-9-24(25)46-16-27(40)39-36-14-19-11-23(35)30(26(12-19)43-3)47-15-18-6-8-21(33)22(34)10-18/h6-14,27,29,39-40H,5,15-16H2,1-4H3,(H2,37,38,42)/b36-14-/t27-,29+/m1/s1. The number of allylic oxidation sites excluding steroid dienone is 1. The molecule has 47 heavy (non-hydrogen) atoms. The lowest BCUT2D eigenvalue weighted by Crippen LogP contribution is -2.45. The summed E-state index contributed by atoms with van der Waals surface area (Å²) in [5, 5.41) is 20.9. The molecule has 0 aromatic heterocycles. The Morgan fingerprint density at radius 2 is 1.85 bits per heavy atom. The topological polar surface area (TPSA) is 149 Å². The van der Waals surface area contributed by atoms with E-state index in [9.17, 15) is 14.7 Å². The van der Waals surface area contributed by atoms with Crippen LogP contribution in [-0.2, 0) is 16.1 Å². The first kappa shape index (κ1) is 35.9. The zero-order valence-electron chi connectivity index (χ0n) is 25.9. The predicted molar refractivity (Wildman–Crippen MR) is 185 cm³/mol.